The summed E-state index contributed by atoms with van der Waals surface area (Å²) in [5.74, 6) is 0.227. The fourth-order valence-corrected chi connectivity index (χ4v) is 1.41. The summed E-state index contributed by atoms with van der Waals surface area (Å²) >= 11 is 0. The molecule has 0 saturated carbocycles. The summed E-state index contributed by atoms with van der Waals surface area (Å²) in [6.45, 7) is 3.89. The van der Waals surface area contributed by atoms with Gasteiger partial charge in [-0.15, -0.1) is 0 Å². The number of allylic oxidation sites excluding steroid dienone is 2. The molecule has 1 rings (SSSR count). The highest BCUT2D eigenvalue weighted by Gasteiger charge is 2.06. The molecular formula is C13H16O. The van der Waals surface area contributed by atoms with Gasteiger partial charge in [0, 0.05) is 12.0 Å². The van der Waals surface area contributed by atoms with E-state index in [1.165, 1.54) is 0 Å². The summed E-state index contributed by atoms with van der Waals surface area (Å²) in [4.78, 5) is 11.6. The molecule has 0 heterocycles. The zero-order valence-electron chi connectivity index (χ0n) is 8.79. The van der Waals surface area contributed by atoms with E-state index in [0.29, 0.717) is 6.42 Å². The number of ketones is 1. The second-order valence-corrected chi connectivity index (χ2v) is 3.21. The van der Waals surface area contributed by atoms with Gasteiger partial charge in [0.15, 0.2) is 5.78 Å². The lowest BCUT2D eigenvalue weighted by Crippen LogP contribution is -2.01. The maximum absolute atomic E-state index is 11.6. The smallest absolute Gasteiger partial charge is 0.162 e. The maximum atomic E-state index is 11.6. The highest BCUT2D eigenvalue weighted by Crippen LogP contribution is 2.12. The molecule has 1 aromatic rings. The topological polar surface area (TPSA) is 17.1 Å². The molecular weight excluding hydrogens is 172 g/mol. The normalized spacial score (nSPS) is 10.7. The lowest BCUT2D eigenvalue weighted by Gasteiger charge is -2.04. The van der Waals surface area contributed by atoms with Crippen molar-refractivity contribution in [1.82, 2.24) is 0 Å². The third-order valence-electron chi connectivity index (χ3n) is 2.21. The number of rotatable bonds is 4. The summed E-state index contributed by atoms with van der Waals surface area (Å²) in [7, 11) is 0. The van der Waals surface area contributed by atoms with E-state index < -0.39 is 0 Å². The summed E-state index contributed by atoms with van der Waals surface area (Å²) in [5, 5.41) is 0. The van der Waals surface area contributed by atoms with Crippen LogP contribution in [0.1, 0.15) is 36.2 Å². The van der Waals surface area contributed by atoms with E-state index in [1.54, 1.807) is 0 Å². The molecule has 1 nitrogen and oxygen atoms in total. The van der Waals surface area contributed by atoms with Crippen LogP contribution in [0, 0.1) is 0 Å². The van der Waals surface area contributed by atoms with Crippen LogP contribution in [0.2, 0.25) is 0 Å². The second-order valence-electron chi connectivity index (χ2n) is 3.21. The first-order valence-corrected chi connectivity index (χ1v) is 5.01. The Morgan fingerprint density at radius 3 is 2.71 bits per heavy atom. The highest BCUT2D eigenvalue weighted by atomic mass is 16.1. The second kappa shape index (κ2) is 5.38. The predicted molar refractivity (Wildman–Crippen MR) is 59.6 cm³/mol. The van der Waals surface area contributed by atoms with Gasteiger partial charge in [-0.25, -0.2) is 0 Å². The quantitative estimate of drug-likeness (QED) is 0.523. The monoisotopic (exact) mass is 188 g/mol. The molecule has 0 N–H and O–H groups in total. The van der Waals surface area contributed by atoms with Crippen molar-refractivity contribution < 1.29 is 4.79 Å². The van der Waals surface area contributed by atoms with E-state index in [2.05, 4.69) is 6.08 Å². The molecule has 0 spiro atoms. The van der Waals surface area contributed by atoms with Crippen LogP contribution in [0.3, 0.4) is 0 Å². The SMILES string of the molecule is CC=CCc1ccccc1C(=O)CC. The Morgan fingerprint density at radius 2 is 2.07 bits per heavy atom. The standard InChI is InChI=1S/C13H16O/c1-3-5-8-11-9-6-7-10-12(11)13(14)4-2/h3,5-7,9-10H,4,8H2,1-2H3. The third kappa shape index (κ3) is 2.56. The molecule has 14 heavy (non-hydrogen) atoms. The molecule has 0 aliphatic heterocycles. The molecule has 0 unspecified atom stereocenters. The zero-order chi connectivity index (χ0) is 10.4. The van der Waals surface area contributed by atoms with Crippen molar-refractivity contribution in [3.8, 4) is 0 Å². The van der Waals surface area contributed by atoms with E-state index in [0.717, 1.165) is 17.5 Å². The number of carbonyl (C=O) groups is 1. The van der Waals surface area contributed by atoms with Crippen LogP contribution in [-0.2, 0) is 6.42 Å². The average molecular weight is 188 g/mol. The Hall–Kier alpha value is -1.37. The summed E-state index contributed by atoms with van der Waals surface area (Å²) in [5.41, 5.74) is 1.99. The Balaban J connectivity index is 2.96. The molecule has 1 aromatic carbocycles. The summed E-state index contributed by atoms with van der Waals surface area (Å²) < 4.78 is 0. The summed E-state index contributed by atoms with van der Waals surface area (Å²) in [6, 6.07) is 7.82. The molecule has 0 aromatic heterocycles. The van der Waals surface area contributed by atoms with Gasteiger partial charge in [-0.05, 0) is 18.9 Å². The average Bonchev–Trinajstić information content (AvgIpc) is 2.25. The Kier molecular flexibility index (Phi) is 4.11. The fraction of sp³-hybridized carbons (Fsp3) is 0.308. The van der Waals surface area contributed by atoms with Crippen LogP contribution >= 0.6 is 0 Å². The van der Waals surface area contributed by atoms with E-state index in [1.807, 2.05) is 44.2 Å². The number of hydrogen-bond acceptors (Lipinski definition) is 1. The molecule has 0 fully saturated rings. The minimum absolute atomic E-state index is 0.227. The van der Waals surface area contributed by atoms with Gasteiger partial charge in [0.2, 0.25) is 0 Å². The van der Waals surface area contributed by atoms with Crippen molar-refractivity contribution >= 4 is 5.78 Å². The number of Topliss-reactive ketones (excluding diaryl/α,β-unsaturated/α-hetero) is 1. The highest BCUT2D eigenvalue weighted by molar-refractivity contribution is 5.97. The van der Waals surface area contributed by atoms with Crippen molar-refractivity contribution in [3.05, 3.63) is 47.5 Å². The largest absolute Gasteiger partial charge is 0.294 e. The fourth-order valence-electron chi connectivity index (χ4n) is 1.41. The zero-order valence-corrected chi connectivity index (χ0v) is 8.79. The van der Waals surface area contributed by atoms with Crippen LogP contribution in [0.15, 0.2) is 36.4 Å². The Labute approximate surface area is 85.5 Å². The van der Waals surface area contributed by atoms with Crippen LogP contribution < -0.4 is 0 Å². The van der Waals surface area contributed by atoms with Crippen molar-refractivity contribution in [2.45, 2.75) is 26.7 Å². The lowest BCUT2D eigenvalue weighted by molar-refractivity contribution is 0.0987. The number of benzene rings is 1. The van der Waals surface area contributed by atoms with Crippen molar-refractivity contribution in [2.24, 2.45) is 0 Å². The van der Waals surface area contributed by atoms with Crippen molar-refractivity contribution in [1.29, 1.82) is 0 Å². The van der Waals surface area contributed by atoms with Crippen LogP contribution in [-0.4, -0.2) is 5.78 Å². The Bertz CT molecular complexity index is 337. The molecule has 0 amide bonds. The van der Waals surface area contributed by atoms with E-state index in [-0.39, 0.29) is 5.78 Å². The van der Waals surface area contributed by atoms with Gasteiger partial charge in [0.05, 0.1) is 0 Å². The lowest BCUT2D eigenvalue weighted by atomic mass is 10.00. The predicted octanol–water partition coefficient (Wildman–Crippen LogP) is 3.40. The van der Waals surface area contributed by atoms with E-state index in [4.69, 9.17) is 0 Å². The van der Waals surface area contributed by atoms with Crippen molar-refractivity contribution in [3.63, 3.8) is 0 Å². The minimum atomic E-state index is 0.227. The number of carbonyl (C=O) groups excluding carboxylic acids is 1. The van der Waals surface area contributed by atoms with Gasteiger partial charge in [-0.1, -0.05) is 43.3 Å². The van der Waals surface area contributed by atoms with Gasteiger partial charge in [-0.2, -0.15) is 0 Å². The van der Waals surface area contributed by atoms with Crippen LogP contribution in [0.5, 0.6) is 0 Å². The molecule has 74 valence electrons. The minimum Gasteiger partial charge on any atom is -0.294 e. The van der Waals surface area contributed by atoms with Gasteiger partial charge in [0.1, 0.15) is 0 Å². The first-order chi connectivity index (χ1) is 6.79. The van der Waals surface area contributed by atoms with Gasteiger partial charge < -0.3 is 0 Å². The maximum Gasteiger partial charge on any atom is 0.162 e. The molecule has 0 atom stereocenters. The molecule has 0 bridgehead atoms. The van der Waals surface area contributed by atoms with E-state index >= 15 is 0 Å². The van der Waals surface area contributed by atoms with Crippen LogP contribution in [0.4, 0.5) is 0 Å². The van der Waals surface area contributed by atoms with Crippen molar-refractivity contribution in [2.75, 3.05) is 0 Å². The van der Waals surface area contributed by atoms with Gasteiger partial charge in [-0.3, -0.25) is 4.79 Å². The van der Waals surface area contributed by atoms with E-state index in [9.17, 15) is 4.79 Å². The number of hydrogen-bond donors (Lipinski definition) is 0. The molecule has 0 radical (unpaired) electrons. The van der Waals surface area contributed by atoms with Crippen LogP contribution in [0.25, 0.3) is 0 Å². The van der Waals surface area contributed by atoms with Gasteiger partial charge in [0.25, 0.3) is 0 Å². The molecule has 0 aliphatic carbocycles. The first kappa shape index (κ1) is 10.7. The Morgan fingerprint density at radius 1 is 1.36 bits per heavy atom. The molecule has 0 aliphatic rings. The first-order valence-electron chi connectivity index (χ1n) is 5.01. The molecule has 1 heteroatoms. The van der Waals surface area contributed by atoms with Gasteiger partial charge >= 0.3 is 0 Å². The summed E-state index contributed by atoms with van der Waals surface area (Å²) in [6.07, 6.45) is 5.50. The molecule has 0 saturated heterocycles. The third-order valence-corrected chi connectivity index (χ3v) is 2.21.